The monoisotopic (exact) mass is 363 g/mol. The molecule has 4 rings (SSSR count). The number of nitrogens with zero attached hydrogens (tertiary/aromatic N) is 1. The van der Waals surface area contributed by atoms with Gasteiger partial charge in [0.1, 0.15) is 0 Å². The molecule has 1 saturated carbocycles. The van der Waals surface area contributed by atoms with Crippen molar-refractivity contribution < 1.29 is 13.2 Å². The second kappa shape index (κ2) is 6.29. The molecule has 2 heterocycles. The van der Waals surface area contributed by atoms with Gasteiger partial charge in [-0.15, -0.1) is 0 Å². The molecule has 0 atom stereocenters. The van der Waals surface area contributed by atoms with Crippen molar-refractivity contribution >= 4 is 21.8 Å². The number of fused-ring (bicyclic) bond motifs is 1. The van der Waals surface area contributed by atoms with E-state index < -0.39 is 10.2 Å². The minimum absolute atomic E-state index is 0.145. The lowest BCUT2D eigenvalue weighted by Gasteiger charge is -2.43. The molecule has 0 radical (unpaired) electrons. The van der Waals surface area contributed by atoms with Gasteiger partial charge in [0.2, 0.25) is 0 Å². The molecule has 1 aromatic carbocycles. The van der Waals surface area contributed by atoms with E-state index in [4.69, 9.17) is 0 Å². The molecule has 136 valence electrons. The standard InChI is InChI=1S/C18H25N3O3S/c22-17-16-12-15(5-4-14(16)13-19-17)20-25(23,24)21-10-8-18(9-11-21)6-2-1-3-7-18/h4-5,12,20H,1-3,6-11,13H2,(H,19,22). The van der Waals surface area contributed by atoms with Crippen LogP contribution in [0, 0.1) is 5.41 Å². The first-order valence-corrected chi connectivity index (χ1v) is 10.6. The number of rotatable bonds is 3. The van der Waals surface area contributed by atoms with Crippen molar-refractivity contribution in [2.75, 3.05) is 17.8 Å². The third-order valence-corrected chi connectivity index (χ3v) is 7.62. The number of nitrogens with one attached hydrogen (secondary N) is 2. The Kier molecular flexibility index (Phi) is 4.24. The van der Waals surface area contributed by atoms with Gasteiger partial charge in [-0.25, -0.2) is 0 Å². The third-order valence-electron chi connectivity index (χ3n) is 6.08. The Balaban J connectivity index is 1.44. The number of hydrogen-bond donors (Lipinski definition) is 2. The van der Waals surface area contributed by atoms with Crippen LogP contribution >= 0.6 is 0 Å². The van der Waals surface area contributed by atoms with E-state index >= 15 is 0 Å². The number of amides is 1. The van der Waals surface area contributed by atoms with Crippen molar-refractivity contribution in [3.8, 4) is 0 Å². The van der Waals surface area contributed by atoms with E-state index in [1.165, 1.54) is 32.1 Å². The molecule has 6 nitrogen and oxygen atoms in total. The number of piperidine rings is 1. The largest absolute Gasteiger partial charge is 0.348 e. The van der Waals surface area contributed by atoms with E-state index in [2.05, 4.69) is 10.0 Å². The van der Waals surface area contributed by atoms with Crippen molar-refractivity contribution in [1.29, 1.82) is 0 Å². The summed E-state index contributed by atoms with van der Waals surface area (Å²) >= 11 is 0. The molecule has 1 saturated heterocycles. The Bertz CT molecular complexity index is 775. The van der Waals surface area contributed by atoms with Gasteiger partial charge in [0.25, 0.3) is 5.91 Å². The predicted molar refractivity (Wildman–Crippen MR) is 96.5 cm³/mol. The quantitative estimate of drug-likeness (QED) is 0.866. The molecule has 3 aliphatic rings. The molecule has 1 amide bonds. The molecule has 1 aliphatic carbocycles. The highest BCUT2D eigenvalue weighted by atomic mass is 32.2. The lowest BCUT2D eigenvalue weighted by atomic mass is 9.68. The normalized spacial score (nSPS) is 23.3. The molecule has 2 N–H and O–H groups in total. The first-order valence-electron chi connectivity index (χ1n) is 9.17. The van der Waals surface area contributed by atoms with Gasteiger partial charge < -0.3 is 5.32 Å². The lowest BCUT2D eigenvalue weighted by molar-refractivity contribution is 0.0965. The van der Waals surface area contributed by atoms with E-state index in [1.807, 2.05) is 0 Å². The number of benzene rings is 1. The predicted octanol–water partition coefficient (Wildman–Crippen LogP) is 2.63. The van der Waals surface area contributed by atoms with Gasteiger partial charge in [-0.2, -0.15) is 12.7 Å². The Hall–Kier alpha value is -1.60. The summed E-state index contributed by atoms with van der Waals surface area (Å²) in [4.78, 5) is 11.8. The van der Waals surface area contributed by atoms with Gasteiger partial charge >= 0.3 is 10.2 Å². The average Bonchev–Trinajstić information content (AvgIpc) is 2.96. The molecule has 1 spiro atoms. The Morgan fingerprint density at radius 2 is 1.76 bits per heavy atom. The van der Waals surface area contributed by atoms with Gasteiger partial charge in [0.05, 0.1) is 5.69 Å². The van der Waals surface area contributed by atoms with Crippen LogP contribution in [0.15, 0.2) is 18.2 Å². The molecule has 0 aromatic heterocycles. The molecular formula is C18H25N3O3S. The second-order valence-electron chi connectivity index (χ2n) is 7.62. The van der Waals surface area contributed by atoms with Crippen molar-refractivity contribution in [2.45, 2.75) is 51.5 Å². The maximum Gasteiger partial charge on any atom is 0.301 e. The van der Waals surface area contributed by atoms with Crippen LogP contribution in [-0.2, 0) is 16.8 Å². The molecule has 1 aromatic rings. The summed E-state index contributed by atoms with van der Waals surface area (Å²) in [6.07, 6.45) is 8.28. The van der Waals surface area contributed by atoms with Crippen LogP contribution in [0.25, 0.3) is 0 Å². The third kappa shape index (κ3) is 3.27. The van der Waals surface area contributed by atoms with Crippen LogP contribution in [0.3, 0.4) is 0 Å². The summed E-state index contributed by atoms with van der Waals surface area (Å²) in [5, 5.41) is 2.74. The zero-order chi connectivity index (χ0) is 17.5. The van der Waals surface area contributed by atoms with E-state index in [1.54, 1.807) is 22.5 Å². The first-order chi connectivity index (χ1) is 12.0. The van der Waals surface area contributed by atoms with Gasteiger partial charge in [0.15, 0.2) is 0 Å². The van der Waals surface area contributed by atoms with E-state index in [9.17, 15) is 13.2 Å². The maximum atomic E-state index is 12.7. The SMILES string of the molecule is O=C1NCc2ccc(NS(=O)(=O)N3CCC4(CCCCC4)CC3)cc21. The highest BCUT2D eigenvalue weighted by Crippen LogP contribution is 2.44. The highest BCUT2D eigenvalue weighted by Gasteiger charge is 2.38. The summed E-state index contributed by atoms with van der Waals surface area (Å²) in [6.45, 7) is 1.68. The van der Waals surface area contributed by atoms with Crippen LogP contribution < -0.4 is 10.0 Å². The number of hydrogen-bond acceptors (Lipinski definition) is 3. The Morgan fingerprint density at radius 1 is 1.04 bits per heavy atom. The van der Waals surface area contributed by atoms with Crippen molar-refractivity contribution in [3.63, 3.8) is 0 Å². The second-order valence-corrected chi connectivity index (χ2v) is 9.29. The summed E-state index contributed by atoms with van der Waals surface area (Å²) in [5.41, 5.74) is 2.29. The molecule has 2 aliphatic heterocycles. The fraction of sp³-hybridized carbons (Fsp3) is 0.611. The van der Waals surface area contributed by atoms with Crippen molar-refractivity contribution in [1.82, 2.24) is 9.62 Å². The van der Waals surface area contributed by atoms with Crippen molar-refractivity contribution in [3.05, 3.63) is 29.3 Å². The average molecular weight is 363 g/mol. The summed E-state index contributed by atoms with van der Waals surface area (Å²) in [5.74, 6) is -0.145. The van der Waals surface area contributed by atoms with E-state index in [0.29, 0.717) is 36.3 Å². The first kappa shape index (κ1) is 16.8. The van der Waals surface area contributed by atoms with Crippen LogP contribution in [0.5, 0.6) is 0 Å². The zero-order valence-electron chi connectivity index (χ0n) is 14.4. The van der Waals surface area contributed by atoms with Crippen LogP contribution in [0.2, 0.25) is 0 Å². The lowest BCUT2D eigenvalue weighted by Crippen LogP contribution is -2.45. The Morgan fingerprint density at radius 3 is 2.48 bits per heavy atom. The maximum absolute atomic E-state index is 12.7. The van der Waals surface area contributed by atoms with Gasteiger partial charge in [0, 0.05) is 25.2 Å². The fourth-order valence-corrected chi connectivity index (χ4v) is 5.71. The minimum Gasteiger partial charge on any atom is -0.348 e. The van der Waals surface area contributed by atoms with Gasteiger partial charge in [-0.1, -0.05) is 25.3 Å². The number of anilines is 1. The zero-order valence-corrected chi connectivity index (χ0v) is 15.2. The molecule has 0 unspecified atom stereocenters. The molecule has 7 heteroatoms. The molecule has 2 fully saturated rings. The smallest absolute Gasteiger partial charge is 0.301 e. The van der Waals surface area contributed by atoms with E-state index in [0.717, 1.165) is 18.4 Å². The van der Waals surface area contributed by atoms with Crippen LogP contribution in [0.1, 0.15) is 60.9 Å². The fourth-order valence-electron chi connectivity index (χ4n) is 4.49. The van der Waals surface area contributed by atoms with Crippen LogP contribution in [0.4, 0.5) is 5.69 Å². The summed E-state index contributed by atoms with van der Waals surface area (Å²) < 4.78 is 29.6. The van der Waals surface area contributed by atoms with Crippen molar-refractivity contribution in [2.24, 2.45) is 5.41 Å². The van der Waals surface area contributed by atoms with E-state index in [-0.39, 0.29) is 5.91 Å². The topological polar surface area (TPSA) is 78.5 Å². The molecule has 0 bridgehead atoms. The van der Waals surface area contributed by atoms with Gasteiger partial charge in [-0.3, -0.25) is 9.52 Å². The van der Waals surface area contributed by atoms with Gasteiger partial charge in [-0.05, 0) is 48.8 Å². The summed E-state index contributed by atoms with van der Waals surface area (Å²) in [7, 11) is -3.57. The minimum atomic E-state index is -3.57. The highest BCUT2D eigenvalue weighted by molar-refractivity contribution is 7.90. The number of carbonyl (C=O) groups excluding carboxylic acids is 1. The summed E-state index contributed by atoms with van der Waals surface area (Å²) in [6, 6.07) is 5.16. The number of carbonyl (C=O) groups is 1. The molecular weight excluding hydrogens is 338 g/mol. The Labute approximate surface area is 149 Å². The molecule has 25 heavy (non-hydrogen) atoms. The van der Waals surface area contributed by atoms with Crippen LogP contribution in [-0.4, -0.2) is 31.7 Å².